The highest BCUT2D eigenvalue weighted by Crippen LogP contribution is 2.53. The standard InChI is InChI=1S/C18H18N2O3/c1-19-9-3-4-16(19)17(21)20-14-7-8-15(20)13-10-11(18(22)23-2)5-6-12(13)14/h3-6,9-10,14-15H,7-8H2,1-2H3. The maximum Gasteiger partial charge on any atom is 0.337 e. The maximum atomic E-state index is 12.9. The number of aromatic nitrogens is 1. The molecule has 3 heterocycles. The topological polar surface area (TPSA) is 51.5 Å². The summed E-state index contributed by atoms with van der Waals surface area (Å²) in [6.07, 6.45) is 3.80. The van der Waals surface area contributed by atoms with Crippen molar-refractivity contribution in [2.45, 2.75) is 24.9 Å². The minimum Gasteiger partial charge on any atom is -0.465 e. The number of ether oxygens (including phenoxy) is 1. The summed E-state index contributed by atoms with van der Waals surface area (Å²) in [4.78, 5) is 26.7. The van der Waals surface area contributed by atoms with Gasteiger partial charge in [-0.1, -0.05) is 6.07 Å². The minimum absolute atomic E-state index is 0.0563. The molecule has 0 spiro atoms. The third-order valence-electron chi connectivity index (χ3n) is 5.01. The van der Waals surface area contributed by atoms with Crippen LogP contribution < -0.4 is 0 Å². The zero-order valence-corrected chi connectivity index (χ0v) is 13.2. The van der Waals surface area contributed by atoms with E-state index in [0.29, 0.717) is 11.3 Å². The van der Waals surface area contributed by atoms with Crippen LogP contribution >= 0.6 is 0 Å². The Morgan fingerprint density at radius 2 is 1.87 bits per heavy atom. The molecule has 5 nitrogen and oxygen atoms in total. The quantitative estimate of drug-likeness (QED) is 0.802. The lowest BCUT2D eigenvalue weighted by molar-refractivity contribution is 0.0600. The summed E-state index contributed by atoms with van der Waals surface area (Å²) in [5.74, 6) is -0.281. The van der Waals surface area contributed by atoms with E-state index < -0.39 is 0 Å². The molecule has 2 atom stereocenters. The van der Waals surface area contributed by atoms with Crippen molar-refractivity contribution in [1.29, 1.82) is 0 Å². The molecule has 23 heavy (non-hydrogen) atoms. The molecule has 0 aliphatic carbocycles. The van der Waals surface area contributed by atoms with Crippen LogP contribution in [0.4, 0.5) is 0 Å². The van der Waals surface area contributed by atoms with E-state index in [9.17, 15) is 9.59 Å². The lowest BCUT2D eigenvalue weighted by atomic mass is 9.90. The van der Waals surface area contributed by atoms with Crippen LogP contribution in [0.15, 0.2) is 36.5 Å². The van der Waals surface area contributed by atoms with Gasteiger partial charge >= 0.3 is 5.97 Å². The number of esters is 1. The summed E-state index contributed by atoms with van der Waals surface area (Å²) in [5, 5.41) is 0. The summed E-state index contributed by atoms with van der Waals surface area (Å²) in [7, 11) is 3.26. The molecule has 1 aromatic carbocycles. The molecule has 2 unspecified atom stereocenters. The molecule has 2 aromatic rings. The molecule has 5 heteroatoms. The van der Waals surface area contributed by atoms with Crippen molar-refractivity contribution in [3.63, 3.8) is 0 Å². The van der Waals surface area contributed by atoms with Crippen molar-refractivity contribution < 1.29 is 14.3 Å². The van der Waals surface area contributed by atoms with Crippen LogP contribution in [0.5, 0.6) is 0 Å². The highest BCUT2D eigenvalue weighted by Gasteiger charge is 2.47. The van der Waals surface area contributed by atoms with Gasteiger partial charge in [0.05, 0.1) is 24.8 Å². The van der Waals surface area contributed by atoms with Crippen LogP contribution in [0.3, 0.4) is 0 Å². The molecular weight excluding hydrogens is 292 g/mol. The van der Waals surface area contributed by atoms with Gasteiger partial charge in [0.2, 0.25) is 0 Å². The lowest BCUT2D eigenvalue weighted by Gasteiger charge is -2.22. The monoisotopic (exact) mass is 310 g/mol. The van der Waals surface area contributed by atoms with Crippen molar-refractivity contribution in [2.24, 2.45) is 7.05 Å². The SMILES string of the molecule is COC(=O)c1ccc2c(c1)C1CCC2N1C(=O)c1cccn1C. The van der Waals surface area contributed by atoms with E-state index in [2.05, 4.69) is 0 Å². The average molecular weight is 310 g/mol. The van der Waals surface area contributed by atoms with Crippen molar-refractivity contribution in [2.75, 3.05) is 7.11 Å². The van der Waals surface area contributed by atoms with Gasteiger partial charge in [0.25, 0.3) is 5.91 Å². The van der Waals surface area contributed by atoms with Gasteiger partial charge in [0, 0.05) is 13.2 Å². The summed E-state index contributed by atoms with van der Waals surface area (Å²) >= 11 is 0. The fourth-order valence-corrected chi connectivity index (χ4v) is 3.93. The Balaban J connectivity index is 1.72. The molecule has 0 saturated carbocycles. The number of fused-ring (bicyclic) bond motifs is 5. The highest BCUT2D eigenvalue weighted by molar-refractivity contribution is 5.94. The predicted molar refractivity (Wildman–Crippen MR) is 84.1 cm³/mol. The zero-order valence-electron chi connectivity index (χ0n) is 13.2. The van der Waals surface area contributed by atoms with E-state index in [1.165, 1.54) is 7.11 Å². The number of nitrogens with zero attached hydrogens (tertiary/aromatic N) is 2. The minimum atomic E-state index is -0.337. The second kappa shape index (κ2) is 4.98. The Labute approximate surface area is 134 Å². The average Bonchev–Trinajstić information content (AvgIpc) is 3.26. The van der Waals surface area contributed by atoms with Gasteiger partial charge in [-0.15, -0.1) is 0 Å². The van der Waals surface area contributed by atoms with E-state index in [-0.39, 0.29) is 24.0 Å². The highest BCUT2D eigenvalue weighted by atomic mass is 16.5. The number of hydrogen-bond acceptors (Lipinski definition) is 3. The van der Waals surface area contributed by atoms with Gasteiger partial charge in [0.1, 0.15) is 5.69 Å². The van der Waals surface area contributed by atoms with Gasteiger partial charge in [-0.2, -0.15) is 0 Å². The molecule has 0 N–H and O–H groups in total. The van der Waals surface area contributed by atoms with Crippen LogP contribution in [0.25, 0.3) is 0 Å². The Hall–Kier alpha value is -2.56. The van der Waals surface area contributed by atoms with Crippen molar-refractivity contribution in [1.82, 2.24) is 9.47 Å². The fraction of sp³-hybridized carbons (Fsp3) is 0.333. The number of carbonyl (C=O) groups excluding carboxylic acids is 2. The molecular formula is C18H18N2O3. The second-order valence-electron chi connectivity index (χ2n) is 6.16. The summed E-state index contributed by atoms with van der Waals surface area (Å²) in [6, 6.07) is 9.55. The summed E-state index contributed by atoms with van der Waals surface area (Å²) < 4.78 is 6.65. The smallest absolute Gasteiger partial charge is 0.337 e. The first-order valence-corrected chi connectivity index (χ1v) is 7.78. The molecule has 2 aliphatic heterocycles. The number of aryl methyl sites for hydroxylation is 1. The number of amides is 1. The molecule has 118 valence electrons. The number of rotatable bonds is 2. The van der Waals surface area contributed by atoms with E-state index in [4.69, 9.17) is 4.74 Å². The summed E-state index contributed by atoms with van der Waals surface area (Å²) in [5.41, 5.74) is 3.50. The molecule has 2 bridgehead atoms. The molecule has 2 aliphatic rings. The Kier molecular flexibility index (Phi) is 3.04. The zero-order chi connectivity index (χ0) is 16.1. The van der Waals surface area contributed by atoms with Gasteiger partial charge in [-0.05, 0) is 48.2 Å². The number of carbonyl (C=O) groups is 2. The molecule has 1 amide bonds. The van der Waals surface area contributed by atoms with Gasteiger partial charge < -0.3 is 14.2 Å². The second-order valence-corrected chi connectivity index (χ2v) is 6.16. The Morgan fingerprint density at radius 1 is 1.13 bits per heavy atom. The first-order valence-electron chi connectivity index (χ1n) is 7.78. The number of methoxy groups -OCH3 is 1. The van der Waals surface area contributed by atoms with E-state index in [0.717, 1.165) is 24.0 Å². The third-order valence-corrected chi connectivity index (χ3v) is 5.01. The Bertz CT molecular complexity index is 808. The summed E-state index contributed by atoms with van der Waals surface area (Å²) in [6.45, 7) is 0. The predicted octanol–water partition coefficient (Wildman–Crippen LogP) is 2.84. The van der Waals surface area contributed by atoms with Gasteiger partial charge in [-0.3, -0.25) is 4.79 Å². The van der Waals surface area contributed by atoms with E-state index in [1.807, 2.05) is 47.0 Å². The molecule has 1 fully saturated rings. The van der Waals surface area contributed by atoms with E-state index in [1.54, 1.807) is 6.07 Å². The maximum absolute atomic E-state index is 12.9. The van der Waals surface area contributed by atoms with Crippen LogP contribution in [0, 0.1) is 0 Å². The van der Waals surface area contributed by atoms with Gasteiger partial charge in [0.15, 0.2) is 0 Å². The van der Waals surface area contributed by atoms with Crippen molar-refractivity contribution >= 4 is 11.9 Å². The number of benzene rings is 1. The first kappa shape index (κ1) is 14.1. The van der Waals surface area contributed by atoms with Crippen LogP contribution in [0.1, 0.15) is 56.9 Å². The molecule has 1 aromatic heterocycles. The van der Waals surface area contributed by atoms with Gasteiger partial charge in [-0.25, -0.2) is 4.79 Å². The first-order chi connectivity index (χ1) is 11.1. The lowest BCUT2D eigenvalue weighted by Crippen LogP contribution is -2.29. The van der Waals surface area contributed by atoms with Crippen LogP contribution in [-0.4, -0.2) is 28.5 Å². The van der Waals surface area contributed by atoms with Crippen molar-refractivity contribution in [3.8, 4) is 0 Å². The molecule has 1 saturated heterocycles. The fourth-order valence-electron chi connectivity index (χ4n) is 3.93. The van der Waals surface area contributed by atoms with Crippen LogP contribution in [-0.2, 0) is 11.8 Å². The molecule has 0 radical (unpaired) electrons. The third kappa shape index (κ3) is 1.92. The van der Waals surface area contributed by atoms with Crippen molar-refractivity contribution in [3.05, 3.63) is 58.9 Å². The Morgan fingerprint density at radius 3 is 2.52 bits per heavy atom. The normalized spacial score (nSPS) is 21.4. The largest absolute Gasteiger partial charge is 0.465 e. The van der Waals surface area contributed by atoms with E-state index >= 15 is 0 Å². The molecule has 4 rings (SSSR count). The number of hydrogen-bond donors (Lipinski definition) is 0. The van der Waals surface area contributed by atoms with Crippen LogP contribution in [0.2, 0.25) is 0 Å².